The van der Waals surface area contributed by atoms with E-state index in [4.69, 9.17) is 9.47 Å². The summed E-state index contributed by atoms with van der Waals surface area (Å²) in [6.45, 7) is 7.36. The van der Waals surface area contributed by atoms with Crippen LogP contribution in [0.3, 0.4) is 0 Å². The fourth-order valence-electron chi connectivity index (χ4n) is 3.31. The molecule has 0 bridgehead atoms. The van der Waals surface area contributed by atoms with E-state index in [1.807, 2.05) is 20.8 Å². The summed E-state index contributed by atoms with van der Waals surface area (Å²) in [5, 5.41) is 0. The summed E-state index contributed by atoms with van der Waals surface area (Å²) < 4.78 is 24.1. The molecule has 0 saturated carbocycles. The Morgan fingerprint density at radius 3 is 2.42 bits per heavy atom. The SMILES string of the molecule is CC(C)(C)OC(=O)N1CCC2(CC1)CN(Cc1ccc(F)cc1)C(=O)O2. The second kappa shape index (κ2) is 6.78. The van der Waals surface area contributed by atoms with E-state index in [0.717, 1.165) is 5.56 Å². The van der Waals surface area contributed by atoms with Gasteiger partial charge in [0.2, 0.25) is 0 Å². The van der Waals surface area contributed by atoms with Crippen LogP contribution in [-0.2, 0) is 16.0 Å². The van der Waals surface area contributed by atoms with Gasteiger partial charge in [-0.25, -0.2) is 14.0 Å². The average molecular weight is 364 g/mol. The summed E-state index contributed by atoms with van der Waals surface area (Å²) in [7, 11) is 0. The molecule has 0 unspecified atom stereocenters. The number of nitrogens with zero attached hydrogens (tertiary/aromatic N) is 2. The number of likely N-dealkylation sites (tertiary alicyclic amines) is 1. The minimum Gasteiger partial charge on any atom is -0.444 e. The lowest BCUT2D eigenvalue weighted by Gasteiger charge is -2.37. The Hall–Kier alpha value is -2.31. The first-order valence-corrected chi connectivity index (χ1v) is 8.86. The Morgan fingerprint density at radius 2 is 1.85 bits per heavy atom. The molecule has 0 aromatic heterocycles. The fourth-order valence-corrected chi connectivity index (χ4v) is 3.31. The largest absolute Gasteiger partial charge is 0.444 e. The van der Waals surface area contributed by atoms with Crippen LogP contribution >= 0.6 is 0 Å². The Kier molecular flexibility index (Phi) is 4.82. The van der Waals surface area contributed by atoms with Crippen molar-refractivity contribution in [1.82, 2.24) is 9.80 Å². The zero-order valence-corrected chi connectivity index (χ0v) is 15.5. The molecule has 0 atom stereocenters. The molecule has 2 saturated heterocycles. The number of carbonyl (C=O) groups excluding carboxylic acids is 2. The number of amides is 2. The molecule has 0 N–H and O–H groups in total. The third kappa shape index (κ3) is 4.26. The molecule has 7 heteroatoms. The Bertz CT molecular complexity index is 676. The van der Waals surface area contributed by atoms with E-state index in [1.54, 1.807) is 21.9 Å². The molecule has 3 rings (SSSR count). The van der Waals surface area contributed by atoms with Crippen LogP contribution in [0.2, 0.25) is 0 Å². The lowest BCUT2D eigenvalue weighted by atomic mass is 9.91. The number of halogens is 1. The molecule has 0 radical (unpaired) electrons. The Labute approximate surface area is 152 Å². The van der Waals surface area contributed by atoms with Crippen LogP contribution in [0.25, 0.3) is 0 Å². The normalized spacial score (nSPS) is 19.6. The van der Waals surface area contributed by atoms with Gasteiger partial charge in [-0.3, -0.25) is 4.90 Å². The van der Waals surface area contributed by atoms with Crippen molar-refractivity contribution >= 4 is 12.2 Å². The maximum absolute atomic E-state index is 13.0. The number of piperidine rings is 1. The van der Waals surface area contributed by atoms with E-state index in [2.05, 4.69) is 0 Å². The van der Waals surface area contributed by atoms with Crippen molar-refractivity contribution in [3.63, 3.8) is 0 Å². The quantitative estimate of drug-likeness (QED) is 0.805. The minimum atomic E-state index is -0.560. The van der Waals surface area contributed by atoms with Gasteiger partial charge in [0.1, 0.15) is 17.0 Å². The van der Waals surface area contributed by atoms with Crippen LogP contribution in [-0.4, -0.2) is 52.8 Å². The molecule has 142 valence electrons. The molecule has 26 heavy (non-hydrogen) atoms. The number of benzene rings is 1. The Morgan fingerprint density at radius 1 is 1.23 bits per heavy atom. The van der Waals surface area contributed by atoms with Crippen LogP contribution in [0.1, 0.15) is 39.2 Å². The number of carbonyl (C=O) groups is 2. The lowest BCUT2D eigenvalue weighted by molar-refractivity contribution is -0.0170. The fraction of sp³-hybridized carbons (Fsp3) is 0.579. The molecular formula is C19H25FN2O4. The first-order chi connectivity index (χ1) is 12.2. The summed E-state index contributed by atoms with van der Waals surface area (Å²) in [6.07, 6.45) is 0.468. The Balaban J connectivity index is 1.57. The van der Waals surface area contributed by atoms with Gasteiger partial charge in [-0.05, 0) is 38.5 Å². The van der Waals surface area contributed by atoms with E-state index < -0.39 is 11.2 Å². The third-order valence-electron chi connectivity index (χ3n) is 4.65. The number of ether oxygens (including phenoxy) is 2. The molecular weight excluding hydrogens is 339 g/mol. The van der Waals surface area contributed by atoms with Crippen molar-refractivity contribution in [3.8, 4) is 0 Å². The second-order valence-corrected chi connectivity index (χ2v) is 8.00. The van der Waals surface area contributed by atoms with E-state index in [1.165, 1.54) is 12.1 Å². The van der Waals surface area contributed by atoms with Crippen molar-refractivity contribution in [2.24, 2.45) is 0 Å². The predicted molar refractivity (Wildman–Crippen MR) is 93.1 cm³/mol. The summed E-state index contributed by atoms with van der Waals surface area (Å²) in [4.78, 5) is 27.7. The zero-order valence-electron chi connectivity index (χ0n) is 15.5. The molecule has 6 nitrogen and oxygen atoms in total. The van der Waals surface area contributed by atoms with Crippen molar-refractivity contribution in [2.45, 2.75) is 51.4 Å². The van der Waals surface area contributed by atoms with Crippen LogP contribution in [0, 0.1) is 5.82 Å². The molecule has 2 aliphatic rings. The van der Waals surface area contributed by atoms with E-state index in [9.17, 15) is 14.0 Å². The molecule has 2 fully saturated rings. The van der Waals surface area contributed by atoms with Crippen LogP contribution in [0.5, 0.6) is 0 Å². The highest BCUT2D eigenvalue weighted by molar-refractivity contribution is 5.71. The molecule has 2 heterocycles. The molecule has 1 spiro atoms. The molecule has 2 amide bonds. The summed E-state index contributed by atoms with van der Waals surface area (Å²) >= 11 is 0. The summed E-state index contributed by atoms with van der Waals surface area (Å²) in [5.41, 5.74) is -0.236. The van der Waals surface area contributed by atoms with Crippen LogP contribution < -0.4 is 0 Å². The second-order valence-electron chi connectivity index (χ2n) is 8.00. The van der Waals surface area contributed by atoms with Gasteiger partial charge >= 0.3 is 12.2 Å². The van der Waals surface area contributed by atoms with Gasteiger partial charge in [-0.15, -0.1) is 0 Å². The highest BCUT2D eigenvalue weighted by atomic mass is 19.1. The smallest absolute Gasteiger partial charge is 0.410 e. The average Bonchev–Trinajstić information content (AvgIpc) is 2.84. The van der Waals surface area contributed by atoms with Gasteiger partial charge < -0.3 is 14.4 Å². The first-order valence-electron chi connectivity index (χ1n) is 8.86. The lowest BCUT2D eigenvalue weighted by Crippen LogP contribution is -2.49. The van der Waals surface area contributed by atoms with E-state index >= 15 is 0 Å². The van der Waals surface area contributed by atoms with Gasteiger partial charge in [0.25, 0.3) is 0 Å². The number of hydrogen-bond acceptors (Lipinski definition) is 4. The first kappa shape index (κ1) is 18.5. The van der Waals surface area contributed by atoms with E-state index in [-0.39, 0.29) is 18.0 Å². The van der Waals surface area contributed by atoms with Crippen LogP contribution in [0.4, 0.5) is 14.0 Å². The molecule has 0 aliphatic carbocycles. The van der Waals surface area contributed by atoms with Crippen molar-refractivity contribution in [2.75, 3.05) is 19.6 Å². The predicted octanol–water partition coefficient (Wildman–Crippen LogP) is 3.55. The monoisotopic (exact) mass is 364 g/mol. The summed E-state index contributed by atoms with van der Waals surface area (Å²) in [5.74, 6) is -0.302. The molecule has 2 aliphatic heterocycles. The highest BCUT2D eigenvalue weighted by Crippen LogP contribution is 2.34. The molecule has 1 aromatic carbocycles. The third-order valence-corrected chi connectivity index (χ3v) is 4.65. The highest BCUT2D eigenvalue weighted by Gasteiger charge is 2.47. The van der Waals surface area contributed by atoms with Crippen molar-refractivity contribution < 1.29 is 23.5 Å². The van der Waals surface area contributed by atoms with Crippen molar-refractivity contribution in [3.05, 3.63) is 35.6 Å². The topological polar surface area (TPSA) is 59.1 Å². The maximum Gasteiger partial charge on any atom is 0.410 e. The standard InChI is InChI=1S/C19H25FN2O4/c1-18(2,3)25-16(23)21-10-8-19(9-11-21)13-22(17(24)26-19)12-14-4-6-15(20)7-5-14/h4-7H,8-13H2,1-3H3. The summed E-state index contributed by atoms with van der Waals surface area (Å²) in [6, 6.07) is 6.09. The number of rotatable bonds is 2. The maximum atomic E-state index is 13.0. The van der Waals surface area contributed by atoms with Crippen LogP contribution in [0.15, 0.2) is 24.3 Å². The van der Waals surface area contributed by atoms with Crippen molar-refractivity contribution in [1.29, 1.82) is 0 Å². The van der Waals surface area contributed by atoms with Gasteiger partial charge in [0.15, 0.2) is 0 Å². The van der Waals surface area contributed by atoms with Gasteiger partial charge in [0.05, 0.1) is 6.54 Å². The van der Waals surface area contributed by atoms with Gasteiger partial charge in [-0.2, -0.15) is 0 Å². The zero-order chi connectivity index (χ0) is 18.9. The number of hydrogen-bond donors (Lipinski definition) is 0. The minimum absolute atomic E-state index is 0.302. The van der Waals surface area contributed by atoms with Gasteiger partial charge in [0, 0.05) is 32.5 Å². The van der Waals surface area contributed by atoms with Gasteiger partial charge in [-0.1, -0.05) is 12.1 Å². The van der Waals surface area contributed by atoms with E-state index in [0.29, 0.717) is 39.0 Å². The molecule has 1 aromatic rings.